The molecule has 92 valence electrons. The molecule has 0 spiro atoms. The quantitative estimate of drug-likeness (QED) is 0.314. The van der Waals surface area contributed by atoms with Crippen LogP contribution in [0.2, 0.25) is 0 Å². The standard InChI is InChI=1S/C13H30P2/c1-3-5-7-9-11-13-15-14-12-10-8-6-4-2/h14-15H,3-13H2,1-2H3/p+1. The van der Waals surface area contributed by atoms with Gasteiger partial charge in [0, 0.05) is 16.5 Å². The van der Waals surface area contributed by atoms with Crippen LogP contribution in [0, 0.1) is 0 Å². The third kappa shape index (κ3) is 14.9. The predicted molar refractivity (Wildman–Crippen MR) is 80.7 cm³/mol. The fraction of sp³-hybridized carbons (Fsp3) is 1.00. The van der Waals surface area contributed by atoms with Gasteiger partial charge in [0.1, 0.15) is 0 Å². The minimum absolute atomic E-state index is 0.828. The molecule has 0 aliphatic heterocycles. The molecule has 0 fully saturated rings. The Kier molecular flexibility index (Phi) is 15.7. The van der Waals surface area contributed by atoms with Gasteiger partial charge in [0.15, 0.2) is 0 Å². The highest BCUT2D eigenvalue weighted by Crippen LogP contribution is 2.38. The highest BCUT2D eigenvalue weighted by Gasteiger charge is 1.96. The zero-order chi connectivity index (χ0) is 11.2. The van der Waals surface area contributed by atoms with Gasteiger partial charge in [-0.25, -0.2) is 0 Å². The summed E-state index contributed by atoms with van der Waals surface area (Å²) in [6, 6.07) is 0. The van der Waals surface area contributed by atoms with Crippen molar-refractivity contribution in [2.24, 2.45) is 0 Å². The third-order valence-corrected chi connectivity index (χ3v) is 7.00. The summed E-state index contributed by atoms with van der Waals surface area (Å²) in [4.78, 5) is 0. The van der Waals surface area contributed by atoms with Gasteiger partial charge in [-0.2, -0.15) is 0 Å². The maximum atomic E-state index is 2.30. The van der Waals surface area contributed by atoms with E-state index < -0.39 is 0 Å². The molecule has 0 aliphatic rings. The summed E-state index contributed by atoms with van der Waals surface area (Å²) in [5.41, 5.74) is 0. The molecule has 0 nitrogen and oxygen atoms in total. The smallest absolute Gasteiger partial charge is 0.0569 e. The van der Waals surface area contributed by atoms with E-state index in [1.165, 1.54) is 66.1 Å². The zero-order valence-corrected chi connectivity index (χ0v) is 13.0. The predicted octanol–water partition coefficient (Wildman–Crippen LogP) is 5.54. The molecule has 0 aromatic heterocycles. The number of rotatable bonds is 12. The van der Waals surface area contributed by atoms with Crippen LogP contribution < -0.4 is 0 Å². The van der Waals surface area contributed by atoms with Crippen molar-refractivity contribution < 1.29 is 0 Å². The van der Waals surface area contributed by atoms with Crippen molar-refractivity contribution in [1.82, 2.24) is 0 Å². The first-order chi connectivity index (χ1) is 7.41. The molecule has 0 amide bonds. The van der Waals surface area contributed by atoms with E-state index in [9.17, 15) is 0 Å². The van der Waals surface area contributed by atoms with Gasteiger partial charge >= 0.3 is 0 Å². The van der Waals surface area contributed by atoms with Gasteiger partial charge < -0.3 is 0 Å². The summed E-state index contributed by atoms with van der Waals surface area (Å²) in [5, 5.41) is 0. The first-order valence-electron chi connectivity index (χ1n) is 6.96. The largest absolute Gasteiger partial charge is 0.0654 e. The molecule has 0 N–H and O–H groups in total. The fourth-order valence-electron chi connectivity index (χ4n) is 1.71. The minimum atomic E-state index is 0.828. The van der Waals surface area contributed by atoms with Crippen molar-refractivity contribution in [3.63, 3.8) is 0 Å². The number of hydrogen-bond acceptors (Lipinski definition) is 0. The van der Waals surface area contributed by atoms with Gasteiger partial charge in [0.2, 0.25) is 0 Å². The average Bonchev–Trinajstić information content (AvgIpc) is 2.26. The van der Waals surface area contributed by atoms with Crippen molar-refractivity contribution in [1.29, 1.82) is 0 Å². The summed E-state index contributed by atoms with van der Waals surface area (Å²) in [6.07, 6.45) is 16.3. The molecule has 0 radical (unpaired) electrons. The van der Waals surface area contributed by atoms with Gasteiger partial charge in [-0.1, -0.05) is 52.4 Å². The summed E-state index contributed by atoms with van der Waals surface area (Å²) in [7, 11) is 2.17. The van der Waals surface area contributed by atoms with E-state index in [-0.39, 0.29) is 0 Å². The number of hydrogen-bond donors (Lipinski definition) is 0. The van der Waals surface area contributed by atoms with Gasteiger partial charge in [-0.05, 0) is 25.4 Å². The van der Waals surface area contributed by atoms with Crippen molar-refractivity contribution in [2.45, 2.75) is 71.6 Å². The van der Waals surface area contributed by atoms with Crippen LogP contribution in [0.3, 0.4) is 0 Å². The molecular formula is C13H31P2+. The fourth-order valence-corrected chi connectivity index (χ4v) is 5.51. The second-order valence-corrected chi connectivity index (χ2v) is 8.77. The van der Waals surface area contributed by atoms with E-state index in [4.69, 9.17) is 0 Å². The molecule has 0 rings (SSSR count). The van der Waals surface area contributed by atoms with E-state index in [0.717, 1.165) is 8.27 Å². The zero-order valence-electron chi connectivity index (χ0n) is 10.9. The van der Waals surface area contributed by atoms with Crippen LogP contribution in [0.4, 0.5) is 0 Å². The van der Waals surface area contributed by atoms with Crippen LogP contribution in [-0.4, -0.2) is 12.3 Å². The molecule has 0 bridgehead atoms. The second kappa shape index (κ2) is 14.9. The van der Waals surface area contributed by atoms with E-state index in [1.807, 2.05) is 0 Å². The van der Waals surface area contributed by atoms with Crippen molar-refractivity contribution in [3.05, 3.63) is 0 Å². The Hall–Kier alpha value is 0.860. The van der Waals surface area contributed by atoms with E-state index in [1.54, 1.807) is 12.3 Å². The van der Waals surface area contributed by atoms with Gasteiger partial charge in [-0.3, -0.25) is 0 Å². The maximum absolute atomic E-state index is 2.30. The molecule has 0 saturated heterocycles. The summed E-state index contributed by atoms with van der Waals surface area (Å²) in [6.45, 7) is 4.59. The van der Waals surface area contributed by atoms with Gasteiger partial charge in [-0.15, -0.1) is 0 Å². The Morgan fingerprint density at radius 2 is 1.33 bits per heavy atom. The summed E-state index contributed by atoms with van der Waals surface area (Å²) >= 11 is 0. The lowest BCUT2D eigenvalue weighted by molar-refractivity contribution is 0.659. The van der Waals surface area contributed by atoms with E-state index in [0.29, 0.717) is 0 Å². The lowest BCUT2D eigenvalue weighted by atomic mass is 10.2. The van der Waals surface area contributed by atoms with Crippen LogP contribution in [-0.2, 0) is 0 Å². The summed E-state index contributed by atoms with van der Waals surface area (Å²) < 4.78 is 0. The second-order valence-electron chi connectivity index (χ2n) is 4.42. The Morgan fingerprint density at radius 3 is 2.00 bits per heavy atom. The molecule has 15 heavy (non-hydrogen) atoms. The van der Waals surface area contributed by atoms with E-state index in [2.05, 4.69) is 13.8 Å². The highest BCUT2D eigenvalue weighted by molar-refractivity contribution is 8.11. The van der Waals surface area contributed by atoms with Crippen molar-refractivity contribution >= 4 is 16.5 Å². The molecule has 0 saturated carbocycles. The van der Waals surface area contributed by atoms with Crippen molar-refractivity contribution in [3.8, 4) is 0 Å². The molecule has 0 heterocycles. The first-order valence-corrected chi connectivity index (χ1v) is 10.8. The van der Waals surface area contributed by atoms with Crippen molar-refractivity contribution in [2.75, 3.05) is 12.3 Å². The summed E-state index contributed by atoms with van der Waals surface area (Å²) in [5.74, 6) is 0. The monoisotopic (exact) mass is 249 g/mol. The molecule has 0 aromatic carbocycles. The van der Waals surface area contributed by atoms with Crippen LogP contribution in [0.1, 0.15) is 71.6 Å². The maximum Gasteiger partial charge on any atom is 0.0569 e. The molecule has 0 aromatic rings. The third-order valence-electron chi connectivity index (χ3n) is 2.77. The van der Waals surface area contributed by atoms with Crippen LogP contribution in [0.5, 0.6) is 0 Å². The normalized spacial score (nSPS) is 12.4. The topological polar surface area (TPSA) is 0 Å². The Balaban J connectivity index is 2.81. The molecule has 0 aliphatic carbocycles. The minimum Gasteiger partial charge on any atom is -0.0654 e. The van der Waals surface area contributed by atoms with Gasteiger partial charge in [0.05, 0.1) is 6.16 Å². The Bertz CT molecular complexity index is 92.7. The SMILES string of the molecule is CCCCCCCP[PH2+]CCCCCC. The molecule has 2 unspecified atom stereocenters. The lowest BCUT2D eigenvalue weighted by Crippen LogP contribution is -1.79. The Labute approximate surface area is 101 Å². The molecular weight excluding hydrogens is 218 g/mol. The average molecular weight is 249 g/mol. The highest BCUT2D eigenvalue weighted by atomic mass is 32.0. The van der Waals surface area contributed by atoms with E-state index >= 15 is 0 Å². The first kappa shape index (κ1) is 15.9. The van der Waals surface area contributed by atoms with Crippen LogP contribution in [0.15, 0.2) is 0 Å². The van der Waals surface area contributed by atoms with Crippen LogP contribution in [0.25, 0.3) is 0 Å². The van der Waals surface area contributed by atoms with Crippen LogP contribution >= 0.6 is 16.5 Å². The lowest BCUT2D eigenvalue weighted by Gasteiger charge is -1.98. The number of unbranched alkanes of at least 4 members (excludes halogenated alkanes) is 7. The molecule has 2 heteroatoms. The molecule has 2 atom stereocenters. The van der Waals surface area contributed by atoms with Gasteiger partial charge in [0.25, 0.3) is 0 Å². The Morgan fingerprint density at radius 1 is 0.733 bits per heavy atom.